The number of aromatic nitrogens is 2. The lowest BCUT2D eigenvalue weighted by Crippen LogP contribution is -2.24. The molecule has 1 fully saturated rings. The predicted molar refractivity (Wildman–Crippen MR) is 58.8 cm³/mol. The summed E-state index contributed by atoms with van der Waals surface area (Å²) in [6, 6.07) is 1.90. The van der Waals surface area contributed by atoms with Crippen LogP contribution in [0.15, 0.2) is 12.3 Å². The van der Waals surface area contributed by atoms with Crippen LogP contribution < -0.4 is 5.32 Å². The van der Waals surface area contributed by atoms with Gasteiger partial charge in [-0.25, -0.2) is 9.97 Å². The van der Waals surface area contributed by atoms with Crippen LogP contribution >= 0.6 is 0 Å². The summed E-state index contributed by atoms with van der Waals surface area (Å²) in [5, 5.41) is 3.25. The van der Waals surface area contributed by atoms with Crippen molar-refractivity contribution >= 4 is 5.95 Å². The minimum absolute atomic E-state index is 0.600. The van der Waals surface area contributed by atoms with Gasteiger partial charge in [-0.3, -0.25) is 0 Å². The lowest BCUT2D eigenvalue weighted by Gasteiger charge is -2.22. The van der Waals surface area contributed by atoms with Crippen LogP contribution in [-0.4, -0.2) is 29.7 Å². The number of nitrogens with zero attached hydrogens (tertiary/aromatic N) is 2. The SMILES string of the molecule is Cc1ccnc(NCC2CCCOC2)n1. The highest BCUT2D eigenvalue weighted by Crippen LogP contribution is 2.13. The Hall–Kier alpha value is -1.16. The second-order valence-corrected chi connectivity index (χ2v) is 3.99. The molecule has 1 aromatic rings. The summed E-state index contributed by atoms with van der Waals surface area (Å²) < 4.78 is 5.41. The van der Waals surface area contributed by atoms with E-state index in [1.807, 2.05) is 13.0 Å². The zero-order chi connectivity index (χ0) is 10.5. The quantitative estimate of drug-likeness (QED) is 0.818. The minimum atomic E-state index is 0.600. The third-order valence-corrected chi connectivity index (χ3v) is 2.60. The van der Waals surface area contributed by atoms with E-state index in [4.69, 9.17) is 4.74 Å². The van der Waals surface area contributed by atoms with Crippen molar-refractivity contribution in [3.05, 3.63) is 18.0 Å². The van der Waals surface area contributed by atoms with Gasteiger partial charge in [0.25, 0.3) is 0 Å². The first kappa shape index (κ1) is 10.4. The van der Waals surface area contributed by atoms with Crippen LogP contribution in [0, 0.1) is 12.8 Å². The smallest absolute Gasteiger partial charge is 0.222 e. The van der Waals surface area contributed by atoms with Crippen molar-refractivity contribution in [2.24, 2.45) is 5.92 Å². The highest BCUT2D eigenvalue weighted by atomic mass is 16.5. The number of hydrogen-bond donors (Lipinski definition) is 1. The largest absolute Gasteiger partial charge is 0.381 e. The number of hydrogen-bond acceptors (Lipinski definition) is 4. The number of nitrogens with one attached hydrogen (secondary N) is 1. The maximum atomic E-state index is 5.41. The van der Waals surface area contributed by atoms with Gasteiger partial charge in [-0.2, -0.15) is 0 Å². The Kier molecular flexibility index (Phi) is 3.50. The van der Waals surface area contributed by atoms with Crippen LogP contribution in [-0.2, 0) is 4.74 Å². The standard InChI is InChI=1S/C11H17N3O/c1-9-4-5-12-11(14-9)13-7-10-3-2-6-15-8-10/h4-5,10H,2-3,6-8H2,1H3,(H,12,13,14). The molecular weight excluding hydrogens is 190 g/mol. The van der Waals surface area contributed by atoms with Gasteiger partial charge in [0, 0.05) is 25.0 Å². The van der Waals surface area contributed by atoms with Crippen molar-refractivity contribution in [3.63, 3.8) is 0 Å². The maximum Gasteiger partial charge on any atom is 0.222 e. The molecule has 2 heterocycles. The van der Waals surface area contributed by atoms with E-state index in [0.717, 1.165) is 31.4 Å². The van der Waals surface area contributed by atoms with E-state index in [-0.39, 0.29) is 0 Å². The summed E-state index contributed by atoms with van der Waals surface area (Å²) in [4.78, 5) is 8.46. The molecule has 82 valence electrons. The van der Waals surface area contributed by atoms with E-state index < -0.39 is 0 Å². The van der Waals surface area contributed by atoms with Gasteiger partial charge in [0.2, 0.25) is 5.95 Å². The first-order chi connectivity index (χ1) is 7.34. The summed E-state index contributed by atoms with van der Waals surface area (Å²) in [5.74, 6) is 1.32. The molecule has 0 amide bonds. The van der Waals surface area contributed by atoms with Crippen molar-refractivity contribution in [2.45, 2.75) is 19.8 Å². The summed E-state index contributed by atoms with van der Waals surface area (Å²) in [5.41, 5.74) is 0.993. The van der Waals surface area contributed by atoms with Crippen molar-refractivity contribution < 1.29 is 4.74 Å². The molecule has 1 atom stereocenters. The monoisotopic (exact) mass is 207 g/mol. The second kappa shape index (κ2) is 5.07. The van der Waals surface area contributed by atoms with Crippen LogP contribution in [0.4, 0.5) is 5.95 Å². The van der Waals surface area contributed by atoms with E-state index in [9.17, 15) is 0 Å². The molecule has 4 heteroatoms. The maximum absolute atomic E-state index is 5.41. The third kappa shape index (κ3) is 3.16. The van der Waals surface area contributed by atoms with Crippen molar-refractivity contribution in [1.82, 2.24) is 9.97 Å². The molecule has 1 N–H and O–H groups in total. The lowest BCUT2D eigenvalue weighted by molar-refractivity contribution is 0.0594. The zero-order valence-corrected chi connectivity index (χ0v) is 9.07. The molecule has 2 rings (SSSR count). The van der Waals surface area contributed by atoms with Crippen molar-refractivity contribution in [3.8, 4) is 0 Å². The van der Waals surface area contributed by atoms with Crippen LogP contribution in [0.2, 0.25) is 0 Å². The molecule has 1 aliphatic heterocycles. The van der Waals surface area contributed by atoms with Gasteiger partial charge < -0.3 is 10.1 Å². The highest BCUT2D eigenvalue weighted by Gasteiger charge is 2.13. The molecule has 1 unspecified atom stereocenters. The van der Waals surface area contributed by atoms with Crippen LogP contribution in [0.25, 0.3) is 0 Å². The Morgan fingerprint density at radius 1 is 1.60 bits per heavy atom. The molecule has 4 nitrogen and oxygen atoms in total. The summed E-state index contributed by atoms with van der Waals surface area (Å²) in [7, 11) is 0. The molecule has 15 heavy (non-hydrogen) atoms. The Balaban J connectivity index is 1.81. The Morgan fingerprint density at radius 3 is 3.27 bits per heavy atom. The average Bonchev–Trinajstić information content (AvgIpc) is 2.28. The fourth-order valence-electron chi connectivity index (χ4n) is 1.74. The Morgan fingerprint density at radius 2 is 2.53 bits per heavy atom. The zero-order valence-electron chi connectivity index (χ0n) is 9.07. The van der Waals surface area contributed by atoms with Gasteiger partial charge in [0.1, 0.15) is 0 Å². The van der Waals surface area contributed by atoms with Crippen LogP contribution in [0.3, 0.4) is 0 Å². The van der Waals surface area contributed by atoms with Crippen molar-refractivity contribution in [1.29, 1.82) is 0 Å². The van der Waals surface area contributed by atoms with Gasteiger partial charge >= 0.3 is 0 Å². The molecule has 0 aliphatic carbocycles. The summed E-state index contributed by atoms with van der Waals surface area (Å²) in [6.45, 7) is 4.65. The number of rotatable bonds is 3. The van der Waals surface area contributed by atoms with Crippen molar-refractivity contribution in [2.75, 3.05) is 25.1 Å². The van der Waals surface area contributed by atoms with Gasteiger partial charge in [-0.1, -0.05) is 0 Å². The molecular formula is C11H17N3O. The van der Waals surface area contributed by atoms with E-state index in [1.165, 1.54) is 12.8 Å². The molecule has 1 saturated heterocycles. The summed E-state index contributed by atoms with van der Waals surface area (Å²) >= 11 is 0. The van der Waals surface area contributed by atoms with E-state index in [2.05, 4.69) is 15.3 Å². The number of ether oxygens (including phenoxy) is 1. The van der Waals surface area contributed by atoms with E-state index in [0.29, 0.717) is 5.92 Å². The highest BCUT2D eigenvalue weighted by molar-refractivity contribution is 5.24. The third-order valence-electron chi connectivity index (χ3n) is 2.60. The summed E-state index contributed by atoms with van der Waals surface area (Å²) in [6.07, 6.45) is 4.18. The fourth-order valence-corrected chi connectivity index (χ4v) is 1.74. The van der Waals surface area contributed by atoms with Gasteiger partial charge in [-0.15, -0.1) is 0 Å². The lowest BCUT2D eigenvalue weighted by atomic mass is 10.0. The number of anilines is 1. The molecule has 0 spiro atoms. The average molecular weight is 207 g/mol. The normalized spacial score (nSPS) is 21.3. The number of aryl methyl sites for hydroxylation is 1. The van der Waals surface area contributed by atoms with Gasteiger partial charge in [0.15, 0.2) is 0 Å². The fraction of sp³-hybridized carbons (Fsp3) is 0.636. The first-order valence-electron chi connectivity index (χ1n) is 5.46. The molecule has 0 saturated carbocycles. The topological polar surface area (TPSA) is 47.0 Å². The minimum Gasteiger partial charge on any atom is -0.381 e. The first-order valence-corrected chi connectivity index (χ1v) is 5.46. The van der Waals surface area contributed by atoms with Gasteiger partial charge in [-0.05, 0) is 31.7 Å². The van der Waals surface area contributed by atoms with Crippen LogP contribution in [0.1, 0.15) is 18.5 Å². The predicted octanol–water partition coefficient (Wildman–Crippen LogP) is 1.62. The molecule has 1 aromatic heterocycles. The van der Waals surface area contributed by atoms with Gasteiger partial charge in [0.05, 0.1) is 6.61 Å². The second-order valence-electron chi connectivity index (χ2n) is 3.99. The Labute approximate surface area is 90.1 Å². The Bertz CT molecular complexity index is 310. The molecule has 1 aliphatic rings. The molecule has 0 radical (unpaired) electrons. The van der Waals surface area contributed by atoms with E-state index >= 15 is 0 Å². The van der Waals surface area contributed by atoms with E-state index in [1.54, 1.807) is 6.20 Å². The van der Waals surface area contributed by atoms with Crippen LogP contribution in [0.5, 0.6) is 0 Å². The molecule has 0 bridgehead atoms. The molecule has 0 aromatic carbocycles.